The summed E-state index contributed by atoms with van der Waals surface area (Å²) < 4.78 is 40.8. The summed E-state index contributed by atoms with van der Waals surface area (Å²) in [6, 6.07) is 0. The summed E-state index contributed by atoms with van der Waals surface area (Å²) in [5.74, 6) is -0.930. The third-order valence-corrected chi connectivity index (χ3v) is 3.01. The molecule has 1 N–H and O–H groups in total. The molecule has 0 amide bonds. The Hall–Kier alpha value is -0.780. The molecule has 94 valence electrons. The summed E-state index contributed by atoms with van der Waals surface area (Å²) in [4.78, 5) is 11.1. The lowest BCUT2D eigenvalue weighted by Gasteiger charge is -2.18. The monoisotopic (exact) mass is 240 g/mol. The van der Waals surface area contributed by atoms with Crippen molar-refractivity contribution in [1.29, 1.82) is 0 Å². The van der Waals surface area contributed by atoms with Gasteiger partial charge in [0.25, 0.3) is 0 Å². The first-order chi connectivity index (χ1) is 7.34. The Morgan fingerprint density at radius 2 is 2.12 bits per heavy atom. The molecule has 0 aliphatic heterocycles. The second-order valence-electron chi connectivity index (χ2n) is 4.19. The fourth-order valence-electron chi connectivity index (χ4n) is 2.12. The molecule has 6 heteroatoms. The van der Waals surface area contributed by atoms with Crippen LogP contribution in [0.3, 0.4) is 0 Å². The van der Waals surface area contributed by atoms with Crippen LogP contribution >= 0.6 is 0 Å². The van der Waals surface area contributed by atoms with Gasteiger partial charge in [-0.15, -0.1) is 0 Å². The zero-order valence-electron chi connectivity index (χ0n) is 8.96. The van der Waals surface area contributed by atoms with E-state index in [0.717, 1.165) is 0 Å². The van der Waals surface area contributed by atoms with Gasteiger partial charge in [-0.2, -0.15) is 13.2 Å². The van der Waals surface area contributed by atoms with E-state index in [1.54, 1.807) is 0 Å². The fraction of sp³-hybridized carbons (Fsp3) is 0.900. The van der Waals surface area contributed by atoms with Gasteiger partial charge in [-0.3, -0.25) is 4.79 Å². The van der Waals surface area contributed by atoms with E-state index >= 15 is 0 Å². The highest BCUT2D eigenvalue weighted by Gasteiger charge is 2.41. The number of methoxy groups -OCH3 is 1. The van der Waals surface area contributed by atoms with Crippen LogP contribution in [-0.2, 0) is 9.53 Å². The average molecular weight is 240 g/mol. The normalized spacial score (nSPS) is 27.8. The summed E-state index contributed by atoms with van der Waals surface area (Å²) in [6.45, 7) is 0. The van der Waals surface area contributed by atoms with Gasteiger partial charge >= 0.3 is 12.1 Å². The third kappa shape index (κ3) is 3.37. The van der Waals surface area contributed by atoms with Crippen molar-refractivity contribution in [2.75, 3.05) is 7.11 Å². The number of alkyl halides is 3. The number of ether oxygens (including phenoxy) is 1. The first-order valence-electron chi connectivity index (χ1n) is 5.17. The van der Waals surface area contributed by atoms with Crippen molar-refractivity contribution in [3.63, 3.8) is 0 Å². The molecule has 3 nitrogen and oxygen atoms in total. The molecule has 1 aliphatic rings. The largest absolute Gasteiger partial charge is 0.469 e. The lowest BCUT2D eigenvalue weighted by Crippen LogP contribution is -2.30. The number of aliphatic hydroxyl groups is 1. The zero-order chi connectivity index (χ0) is 12.3. The van der Waals surface area contributed by atoms with Gasteiger partial charge in [-0.1, -0.05) is 0 Å². The van der Waals surface area contributed by atoms with E-state index in [4.69, 9.17) is 5.11 Å². The van der Waals surface area contributed by atoms with Gasteiger partial charge in [0.2, 0.25) is 0 Å². The Kier molecular flexibility index (Phi) is 4.18. The molecule has 1 aliphatic carbocycles. The summed E-state index contributed by atoms with van der Waals surface area (Å²) in [7, 11) is 1.26. The maximum atomic E-state index is 12.1. The Balaban J connectivity index is 2.40. The van der Waals surface area contributed by atoms with Gasteiger partial charge in [-0.25, -0.2) is 0 Å². The summed E-state index contributed by atoms with van der Waals surface area (Å²) in [5, 5.41) is 8.89. The van der Waals surface area contributed by atoms with E-state index < -0.39 is 12.3 Å². The molecule has 0 spiro atoms. The molecule has 1 rings (SSSR count). The Morgan fingerprint density at radius 3 is 2.62 bits per heavy atom. The average Bonchev–Trinajstić information content (AvgIpc) is 2.63. The molecule has 1 fully saturated rings. The third-order valence-electron chi connectivity index (χ3n) is 3.01. The van der Waals surface area contributed by atoms with Crippen LogP contribution in [0.4, 0.5) is 13.2 Å². The van der Waals surface area contributed by atoms with Gasteiger partial charge in [0, 0.05) is 0 Å². The van der Waals surface area contributed by atoms with E-state index in [1.807, 2.05) is 0 Å². The molecule has 0 aromatic carbocycles. The molecule has 0 bridgehead atoms. The van der Waals surface area contributed by atoms with E-state index in [-0.39, 0.29) is 24.2 Å². The number of esters is 1. The van der Waals surface area contributed by atoms with Crippen LogP contribution in [0.2, 0.25) is 0 Å². The van der Waals surface area contributed by atoms with Crippen molar-refractivity contribution in [3.05, 3.63) is 0 Å². The van der Waals surface area contributed by atoms with E-state index in [1.165, 1.54) is 7.11 Å². The van der Waals surface area contributed by atoms with Crippen LogP contribution in [0, 0.1) is 11.8 Å². The van der Waals surface area contributed by atoms with Crippen molar-refractivity contribution in [1.82, 2.24) is 0 Å². The van der Waals surface area contributed by atoms with Gasteiger partial charge in [0.05, 0.1) is 13.0 Å². The van der Waals surface area contributed by atoms with E-state index in [9.17, 15) is 18.0 Å². The van der Waals surface area contributed by atoms with E-state index in [2.05, 4.69) is 4.74 Å². The number of aliphatic hydroxyl groups excluding tert-OH is 1. The number of hydrogen-bond acceptors (Lipinski definition) is 3. The predicted octanol–water partition coefficient (Wildman–Crippen LogP) is 1.89. The maximum absolute atomic E-state index is 12.1. The minimum Gasteiger partial charge on any atom is -0.469 e. The highest BCUT2D eigenvalue weighted by Crippen LogP contribution is 2.37. The van der Waals surface area contributed by atoms with Crippen LogP contribution in [0.25, 0.3) is 0 Å². The Labute approximate surface area is 91.6 Å². The van der Waals surface area contributed by atoms with Crippen molar-refractivity contribution in [2.45, 2.75) is 38.0 Å². The number of hydrogen-bond donors (Lipinski definition) is 1. The molecule has 0 radical (unpaired) electrons. The molecule has 0 saturated heterocycles. The van der Waals surface area contributed by atoms with Crippen molar-refractivity contribution in [3.8, 4) is 0 Å². The molecule has 16 heavy (non-hydrogen) atoms. The first kappa shape index (κ1) is 13.3. The van der Waals surface area contributed by atoms with E-state index in [0.29, 0.717) is 19.3 Å². The first-order valence-corrected chi connectivity index (χ1v) is 5.17. The summed E-state index contributed by atoms with van der Waals surface area (Å²) >= 11 is 0. The number of carbonyl (C=O) groups excluding carboxylic acids is 1. The van der Waals surface area contributed by atoms with Crippen LogP contribution in [0.5, 0.6) is 0 Å². The lowest BCUT2D eigenvalue weighted by molar-refractivity contribution is -0.208. The quantitative estimate of drug-likeness (QED) is 0.766. The predicted molar refractivity (Wildman–Crippen MR) is 49.5 cm³/mol. The number of carbonyl (C=O) groups is 1. The minimum atomic E-state index is -4.57. The summed E-state index contributed by atoms with van der Waals surface area (Å²) in [6.07, 6.45) is -5.72. The lowest BCUT2D eigenvalue weighted by atomic mass is 9.98. The second-order valence-corrected chi connectivity index (χ2v) is 4.19. The molecule has 3 unspecified atom stereocenters. The number of rotatable bonds is 3. The van der Waals surface area contributed by atoms with Crippen LogP contribution in [0.15, 0.2) is 0 Å². The second kappa shape index (κ2) is 5.03. The smallest absolute Gasteiger partial charge is 0.414 e. The number of halogens is 3. The molecular formula is C10H15F3O3. The molecule has 3 atom stereocenters. The Morgan fingerprint density at radius 1 is 1.50 bits per heavy atom. The van der Waals surface area contributed by atoms with Gasteiger partial charge in [0.15, 0.2) is 0 Å². The standard InChI is InChI=1S/C10H15F3O3/c1-16-9(15)7-3-2-6(4-7)5-8(14)10(11,12)13/h6-8,14H,2-5H2,1H3. The fourth-order valence-corrected chi connectivity index (χ4v) is 2.12. The maximum Gasteiger partial charge on any atom is 0.414 e. The summed E-state index contributed by atoms with van der Waals surface area (Å²) in [5.41, 5.74) is 0. The molecule has 0 aromatic rings. The van der Waals surface area contributed by atoms with Crippen LogP contribution in [0.1, 0.15) is 25.7 Å². The van der Waals surface area contributed by atoms with Gasteiger partial charge < -0.3 is 9.84 Å². The Bertz CT molecular complexity index is 252. The molecular weight excluding hydrogens is 225 g/mol. The highest BCUT2D eigenvalue weighted by molar-refractivity contribution is 5.72. The van der Waals surface area contributed by atoms with Crippen molar-refractivity contribution in [2.24, 2.45) is 11.8 Å². The molecule has 1 saturated carbocycles. The van der Waals surface area contributed by atoms with Gasteiger partial charge in [0.1, 0.15) is 6.10 Å². The molecule has 0 aromatic heterocycles. The zero-order valence-corrected chi connectivity index (χ0v) is 8.96. The topological polar surface area (TPSA) is 46.5 Å². The molecule has 0 heterocycles. The highest BCUT2D eigenvalue weighted by atomic mass is 19.4. The van der Waals surface area contributed by atoms with Crippen molar-refractivity contribution < 1.29 is 27.8 Å². The van der Waals surface area contributed by atoms with Gasteiger partial charge in [-0.05, 0) is 31.6 Å². The van der Waals surface area contributed by atoms with Crippen LogP contribution in [-0.4, -0.2) is 30.5 Å². The SMILES string of the molecule is COC(=O)C1CCC(CC(O)C(F)(F)F)C1. The van der Waals surface area contributed by atoms with Crippen LogP contribution < -0.4 is 0 Å². The minimum absolute atomic E-state index is 0.249. The van der Waals surface area contributed by atoms with Crippen molar-refractivity contribution >= 4 is 5.97 Å².